The van der Waals surface area contributed by atoms with Crippen LogP contribution < -0.4 is 15.4 Å². The van der Waals surface area contributed by atoms with Gasteiger partial charge in [0.25, 0.3) is 0 Å². The first kappa shape index (κ1) is 15.3. The van der Waals surface area contributed by atoms with Gasteiger partial charge in [-0.3, -0.25) is 0 Å². The van der Waals surface area contributed by atoms with Crippen LogP contribution in [0, 0.1) is 0 Å². The van der Waals surface area contributed by atoms with Crippen molar-refractivity contribution < 1.29 is 9.53 Å². The molecule has 4 nitrogen and oxygen atoms in total. The Morgan fingerprint density at radius 3 is 2.53 bits per heavy atom. The highest BCUT2D eigenvalue weighted by Gasteiger charge is 2.14. The van der Waals surface area contributed by atoms with Crippen LogP contribution in [0.2, 0.25) is 0 Å². The minimum absolute atomic E-state index is 0.0909. The Kier molecular flexibility index (Phi) is 6.19. The van der Waals surface area contributed by atoms with E-state index in [1.165, 1.54) is 0 Å². The highest BCUT2D eigenvalue weighted by molar-refractivity contribution is 5.74. The van der Waals surface area contributed by atoms with Gasteiger partial charge >= 0.3 is 6.03 Å². The number of amides is 2. The number of para-hydroxylation sites is 1. The molecule has 2 N–H and O–H groups in total. The van der Waals surface area contributed by atoms with Crippen molar-refractivity contribution >= 4 is 6.03 Å². The van der Waals surface area contributed by atoms with Crippen LogP contribution >= 0.6 is 0 Å². The van der Waals surface area contributed by atoms with Crippen LogP contribution in [-0.4, -0.2) is 18.7 Å². The maximum absolute atomic E-state index is 11.8. The molecule has 0 aromatic heterocycles. The lowest BCUT2D eigenvalue weighted by atomic mass is 10.1. The minimum Gasteiger partial charge on any atom is -0.494 e. The van der Waals surface area contributed by atoms with Crippen LogP contribution in [0.1, 0.15) is 45.7 Å². The second-order valence-electron chi connectivity index (χ2n) is 4.62. The monoisotopic (exact) mass is 264 g/mol. The van der Waals surface area contributed by atoms with Crippen LogP contribution in [-0.2, 0) is 0 Å². The molecule has 1 aromatic carbocycles. The van der Waals surface area contributed by atoms with E-state index in [4.69, 9.17) is 4.74 Å². The summed E-state index contributed by atoms with van der Waals surface area (Å²) < 4.78 is 5.57. The van der Waals surface area contributed by atoms with Gasteiger partial charge in [-0.15, -0.1) is 0 Å². The Labute approximate surface area is 115 Å². The van der Waals surface area contributed by atoms with Crippen LogP contribution in [0.25, 0.3) is 0 Å². The smallest absolute Gasteiger partial charge is 0.315 e. The summed E-state index contributed by atoms with van der Waals surface area (Å²) in [6.07, 6.45) is 0.914. The van der Waals surface area contributed by atoms with Crippen LogP contribution in [0.15, 0.2) is 24.3 Å². The summed E-state index contributed by atoms with van der Waals surface area (Å²) in [4.78, 5) is 11.8. The Morgan fingerprint density at radius 2 is 1.89 bits per heavy atom. The molecule has 0 bridgehead atoms. The van der Waals surface area contributed by atoms with Gasteiger partial charge in [-0.25, -0.2) is 4.79 Å². The summed E-state index contributed by atoms with van der Waals surface area (Å²) in [5.41, 5.74) is 0.989. The fourth-order valence-electron chi connectivity index (χ4n) is 1.77. The van der Waals surface area contributed by atoms with E-state index < -0.39 is 0 Å². The Bertz CT molecular complexity index is 407. The molecule has 1 aromatic rings. The zero-order valence-corrected chi connectivity index (χ0v) is 12.2. The molecule has 0 aliphatic carbocycles. The molecular weight excluding hydrogens is 240 g/mol. The quantitative estimate of drug-likeness (QED) is 0.828. The van der Waals surface area contributed by atoms with Crippen molar-refractivity contribution in [1.82, 2.24) is 10.6 Å². The molecule has 2 amide bonds. The number of hydrogen-bond donors (Lipinski definition) is 2. The first-order valence-corrected chi connectivity index (χ1v) is 6.87. The number of nitrogens with one attached hydrogen (secondary N) is 2. The van der Waals surface area contributed by atoms with Crippen molar-refractivity contribution in [3.8, 4) is 5.75 Å². The van der Waals surface area contributed by atoms with Crippen molar-refractivity contribution in [2.75, 3.05) is 6.61 Å². The molecule has 0 unspecified atom stereocenters. The number of hydrogen-bond acceptors (Lipinski definition) is 2. The molecule has 2 atom stereocenters. The van der Waals surface area contributed by atoms with Crippen molar-refractivity contribution in [2.45, 2.75) is 46.2 Å². The molecule has 0 fully saturated rings. The van der Waals surface area contributed by atoms with Gasteiger partial charge in [-0.05, 0) is 33.3 Å². The van der Waals surface area contributed by atoms with Gasteiger partial charge < -0.3 is 15.4 Å². The van der Waals surface area contributed by atoms with Crippen molar-refractivity contribution in [1.29, 1.82) is 0 Å². The lowest BCUT2D eigenvalue weighted by molar-refractivity contribution is 0.234. The first-order chi connectivity index (χ1) is 9.08. The predicted molar refractivity (Wildman–Crippen MR) is 77.4 cm³/mol. The van der Waals surface area contributed by atoms with E-state index in [0.29, 0.717) is 6.61 Å². The molecule has 0 heterocycles. The third-order valence-electron chi connectivity index (χ3n) is 3.02. The van der Waals surface area contributed by atoms with Crippen molar-refractivity contribution in [3.63, 3.8) is 0 Å². The van der Waals surface area contributed by atoms with Gasteiger partial charge in [0.2, 0.25) is 0 Å². The number of rotatable bonds is 6. The summed E-state index contributed by atoms with van der Waals surface area (Å²) in [6, 6.07) is 7.71. The average Bonchev–Trinajstić information content (AvgIpc) is 2.39. The molecule has 0 spiro atoms. The summed E-state index contributed by atoms with van der Waals surface area (Å²) in [5.74, 6) is 0.821. The minimum atomic E-state index is -0.145. The van der Waals surface area contributed by atoms with Gasteiger partial charge in [-0.1, -0.05) is 25.1 Å². The standard InChI is InChI=1S/C15H24N2O2/c1-5-11(3)16-15(18)17-12(4)13-9-7-8-10-14(13)19-6-2/h7-12H,5-6H2,1-4H3,(H2,16,17,18)/t11-,12-/m0/s1. The molecule has 106 valence electrons. The van der Waals surface area contributed by atoms with Gasteiger partial charge in [-0.2, -0.15) is 0 Å². The van der Waals surface area contributed by atoms with Gasteiger partial charge in [0.05, 0.1) is 12.6 Å². The Hall–Kier alpha value is -1.71. The largest absolute Gasteiger partial charge is 0.494 e. The van der Waals surface area contributed by atoms with E-state index in [0.717, 1.165) is 17.7 Å². The lowest BCUT2D eigenvalue weighted by Crippen LogP contribution is -2.41. The van der Waals surface area contributed by atoms with Crippen LogP contribution in [0.4, 0.5) is 4.79 Å². The second kappa shape index (κ2) is 7.67. The van der Waals surface area contributed by atoms with Gasteiger partial charge in [0.15, 0.2) is 0 Å². The SMILES string of the molecule is CCOc1ccccc1[C@H](C)NC(=O)N[C@@H](C)CC. The maximum atomic E-state index is 11.8. The molecule has 0 radical (unpaired) electrons. The number of carbonyl (C=O) groups is 1. The highest BCUT2D eigenvalue weighted by Crippen LogP contribution is 2.24. The predicted octanol–water partition coefficient (Wildman–Crippen LogP) is 3.24. The fraction of sp³-hybridized carbons (Fsp3) is 0.533. The summed E-state index contributed by atoms with van der Waals surface area (Å²) in [7, 11) is 0. The van der Waals surface area contributed by atoms with Crippen LogP contribution in [0.3, 0.4) is 0 Å². The Morgan fingerprint density at radius 1 is 1.21 bits per heavy atom. The van der Waals surface area contributed by atoms with E-state index in [2.05, 4.69) is 10.6 Å². The normalized spacial score (nSPS) is 13.5. The molecule has 0 saturated carbocycles. The molecule has 4 heteroatoms. The second-order valence-corrected chi connectivity index (χ2v) is 4.62. The molecule has 1 rings (SSSR count). The molecular formula is C15H24N2O2. The van der Waals surface area contributed by atoms with Crippen LogP contribution in [0.5, 0.6) is 5.75 Å². The zero-order chi connectivity index (χ0) is 14.3. The molecule has 0 saturated heterocycles. The van der Waals surface area contributed by atoms with Gasteiger partial charge in [0, 0.05) is 11.6 Å². The number of benzene rings is 1. The van der Waals surface area contributed by atoms with E-state index in [-0.39, 0.29) is 18.1 Å². The van der Waals surface area contributed by atoms with E-state index >= 15 is 0 Å². The maximum Gasteiger partial charge on any atom is 0.315 e. The van der Waals surface area contributed by atoms with Crippen molar-refractivity contribution in [2.24, 2.45) is 0 Å². The molecule has 0 aliphatic rings. The zero-order valence-electron chi connectivity index (χ0n) is 12.2. The first-order valence-electron chi connectivity index (χ1n) is 6.87. The molecule has 19 heavy (non-hydrogen) atoms. The third-order valence-corrected chi connectivity index (χ3v) is 3.02. The summed E-state index contributed by atoms with van der Waals surface area (Å²) in [6.45, 7) is 8.54. The summed E-state index contributed by atoms with van der Waals surface area (Å²) >= 11 is 0. The third kappa shape index (κ3) is 4.81. The van der Waals surface area contributed by atoms with E-state index in [1.807, 2.05) is 52.0 Å². The lowest BCUT2D eigenvalue weighted by Gasteiger charge is -2.19. The summed E-state index contributed by atoms with van der Waals surface area (Å²) in [5, 5.41) is 5.82. The molecule has 0 aliphatic heterocycles. The van der Waals surface area contributed by atoms with Gasteiger partial charge in [0.1, 0.15) is 5.75 Å². The number of carbonyl (C=O) groups excluding carboxylic acids is 1. The Balaban J connectivity index is 2.67. The topological polar surface area (TPSA) is 50.4 Å². The number of urea groups is 1. The van der Waals surface area contributed by atoms with E-state index in [1.54, 1.807) is 0 Å². The fourth-order valence-corrected chi connectivity index (χ4v) is 1.77. The highest BCUT2D eigenvalue weighted by atomic mass is 16.5. The van der Waals surface area contributed by atoms with E-state index in [9.17, 15) is 4.79 Å². The number of ether oxygens (including phenoxy) is 1. The van der Waals surface area contributed by atoms with Crippen molar-refractivity contribution in [3.05, 3.63) is 29.8 Å². The average molecular weight is 264 g/mol.